The van der Waals surface area contributed by atoms with Crippen LogP contribution in [0.3, 0.4) is 0 Å². The van der Waals surface area contributed by atoms with Crippen LogP contribution in [0.2, 0.25) is 4.34 Å². The maximum absolute atomic E-state index is 6.01. The summed E-state index contributed by atoms with van der Waals surface area (Å²) < 4.78 is 1.79. The Morgan fingerprint density at radius 3 is 2.42 bits per heavy atom. The fraction of sp³-hybridized carbons (Fsp3) is 0.286. The van der Waals surface area contributed by atoms with Gasteiger partial charge in [-0.1, -0.05) is 23.7 Å². The third-order valence-electron chi connectivity index (χ3n) is 2.78. The molecule has 1 aromatic heterocycles. The van der Waals surface area contributed by atoms with E-state index in [4.69, 9.17) is 11.6 Å². The Labute approximate surface area is 131 Å². The highest BCUT2D eigenvalue weighted by atomic mass is 79.9. The summed E-state index contributed by atoms with van der Waals surface area (Å²) in [5.41, 5.74) is 2.50. The van der Waals surface area contributed by atoms with Crippen molar-refractivity contribution in [3.63, 3.8) is 0 Å². The van der Waals surface area contributed by atoms with Crippen molar-refractivity contribution < 1.29 is 0 Å². The van der Waals surface area contributed by atoms with Gasteiger partial charge in [0.15, 0.2) is 0 Å². The van der Waals surface area contributed by atoms with Crippen molar-refractivity contribution in [2.24, 2.45) is 0 Å². The van der Waals surface area contributed by atoms with Crippen molar-refractivity contribution in [1.82, 2.24) is 5.32 Å². The molecule has 0 saturated heterocycles. The minimum absolute atomic E-state index is 0.812. The molecule has 102 valence electrons. The number of nitrogens with zero attached hydrogens (tertiary/aromatic N) is 1. The summed E-state index contributed by atoms with van der Waals surface area (Å²) in [7, 11) is 4.09. The number of rotatable bonds is 5. The van der Waals surface area contributed by atoms with Gasteiger partial charge in [0.1, 0.15) is 4.34 Å². The summed E-state index contributed by atoms with van der Waals surface area (Å²) in [5, 5.41) is 3.42. The first-order valence-corrected chi connectivity index (χ1v) is 7.95. The third kappa shape index (κ3) is 4.21. The molecule has 5 heteroatoms. The highest BCUT2D eigenvalue weighted by molar-refractivity contribution is 9.10. The first-order valence-electron chi connectivity index (χ1n) is 5.97. The van der Waals surface area contributed by atoms with Crippen LogP contribution in [0.25, 0.3) is 0 Å². The lowest BCUT2D eigenvalue weighted by atomic mass is 10.2. The number of benzene rings is 1. The molecule has 2 aromatic rings. The lowest BCUT2D eigenvalue weighted by molar-refractivity contribution is 0.701. The lowest BCUT2D eigenvalue weighted by Crippen LogP contribution is -2.12. The predicted molar refractivity (Wildman–Crippen MR) is 88.3 cm³/mol. The van der Waals surface area contributed by atoms with E-state index in [9.17, 15) is 0 Å². The smallest absolute Gasteiger partial charge is 0.107 e. The number of halogens is 2. The van der Waals surface area contributed by atoms with Crippen LogP contribution < -0.4 is 10.2 Å². The average molecular weight is 360 g/mol. The van der Waals surface area contributed by atoms with Gasteiger partial charge in [0.05, 0.1) is 0 Å². The van der Waals surface area contributed by atoms with Gasteiger partial charge in [-0.15, -0.1) is 11.3 Å². The quantitative estimate of drug-likeness (QED) is 0.844. The van der Waals surface area contributed by atoms with Crippen LogP contribution in [0.4, 0.5) is 5.69 Å². The topological polar surface area (TPSA) is 15.3 Å². The highest BCUT2D eigenvalue weighted by Crippen LogP contribution is 2.31. The molecule has 1 heterocycles. The highest BCUT2D eigenvalue weighted by Gasteiger charge is 2.04. The normalized spacial score (nSPS) is 10.7. The molecule has 0 aliphatic heterocycles. The number of anilines is 1. The summed E-state index contributed by atoms with van der Waals surface area (Å²) in [6, 6.07) is 10.6. The van der Waals surface area contributed by atoms with Crippen molar-refractivity contribution in [1.29, 1.82) is 0 Å². The Morgan fingerprint density at radius 2 is 1.89 bits per heavy atom. The van der Waals surface area contributed by atoms with E-state index < -0.39 is 0 Å². The molecular weight excluding hydrogens is 344 g/mol. The third-order valence-corrected chi connectivity index (χ3v) is 5.25. The van der Waals surface area contributed by atoms with E-state index in [0.29, 0.717) is 0 Å². The molecule has 0 radical (unpaired) electrons. The molecule has 0 fully saturated rings. The standard InChI is InChI=1S/C14H16BrClN2S/c1-18(2)11-5-3-10(4-6-11)8-17-9-12-7-13(15)14(16)19-12/h3-7,17H,8-9H2,1-2H3. The number of hydrogen-bond donors (Lipinski definition) is 1. The van der Waals surface area contributed by atoms with Crippen LogP contribution in [0, 0.1) is 0 Å². The van der Waals surface area contributed by atoms with Crippen molar-refractivity contribution in [2.45, 2.75) is 13.1 Å². The second kappa shape index (κ2) is 6.75. The average Bonchev–Trinajstić information content (AvgIpc) is 2.69. The van der Waals surface area contributed by atoms with Gasteiger partial charge >= 0.3 is 0 Å². The maximum Gasteiger partial charge on any atom is 0.107 e. The van der Waals surface area contributed by atoms with E-state index in [1.165, 1.54) is 16.1 Å². The predicted octanol–water partition coefficient (Wildman–Crippen LogP) is 4.52. The fourth-order valence-electron chi connectivity index (χ4n) is 1.72. The van der Waals surface area contributed by atoms with Gasteiger partial charge in [-0.05, 0) is 39.7 Å². The van der Waals surface area contributed by atoms with E-state index in [-0.39, 0.29) is 0 Å². The lowest BCUT2D eigenvalue weighted by Gasteiger charge is -2.12. The zero-order valence-electron chi connectivity index (χ0n) is 10.9. The van der Waals surface area contributed by atoms with Gasteiger partial charge in [-0.2, -0.15) is 0 Å². The van der Waals surface area contributed by atoms with Gasteiger partial charge in [-0.25, -0.2) is 0 Å². The van der Waals surface area contributed by atoms with Crippen LogP contribution in [-0.2, 0) is 13.1 Å². The van der Waals surface area contributed by atoms with Gasteiger partial charge < -0.3 is 10.2 Å². The Balaban J connectivity index is 1.85. The van der Waals surface area contributed by atoms with Gasteiger partial charge in [-0.3, -0.25) is 0 Å². The zero-order valence-corrected chi connectivity index (χ0v) is 14.1. The molecule has 1 N–H and O–H groups in total. The summed E-state index contributed by atoms with van der Waals surface area (Å²) in [5.74, 6) is 0. The summed E-state index contributed by atoms with van der Waals surface area (Å²) >= 11 is 11.0. The van der Waals surface area contributed by atoms with Crippen LogP contribution in [-0.4, -0.2) is 14.1 Å². The second-order valence-electron chi connectivity index (χ2n) is 4.50. The molecule has 0 aliphatic carbocycles. The largest absolute Gasteiger partial charge is 0.378 e. The molecule has 0 amide bonds. The summed E-state index contributed by atoms with van der Waals surface area (Å²) in [6.45, 7) is 1.70. The van der Waals surface area contributed by atoms with E-state index >= 15 is 0 Å². The fourth-order valence-corrected chi connectivity index (χ4v) is 3.48. The van der Waals surface area contributed by atoms with Crippen LogP contribution in [0.1, 0.15) is 10.4 Å². The number of nitrogens with one attached hydrogen (secondary N) is 1. The van der Waals surface area contributed by atoms with Crippen LogP contribution in [0.5, 0.6) is 0 Å². The first kappa shape index (κ1) is 14.9. The minimum atomic E-state index is 0.812. The molecule has 0 spiro atoms. The molecule has 0 atom stereocenters. The van der Waals surface area contributed by atoms with Crippen molar-refractivity contribution >= 4 is 44.6 Å². The first-order chi connectivity index (χ1) is 9.06. The molecule has 2 nitrogen and oxygen atoms in total. The minimum Gasteiger partial charge on any atom is -0.378 e. The molecule has 0 saturated carbocycles. The Kier molecular flexibility index (Phi) is 5.28. The molecule has 2 rings (SSSR count). The molecule has 1 aromatic carbocycles. The number of hydrogen-bond acceptors (Lipinski definition) is 3. The Bertz CT molecular complexity index is 517. The van der Waals surface area contributed by atoms with E-state index in [0.717, 1.165) is 21.9 Å². The SMILES string of the molecule is CN(C)c1ccc(CNCc2cc(Br)c(Cl)s2)cc1. The van der Waals surface area contributed by atoms with E-state index in [1.807, 2.05) is 14.1 Å². The summed E-state index contributed by atoms with van der Waals surface area (Å²) in [6.07, 6.45) is 0. The van der Waals surface area contributed by atoms with Crippen LogP contribution in [0.15, 0.2) is 34.8 Å². The van der Waals surface area contributed by atoms with Crippen molar-refractivity contribution in [3.8, 4) is 0 Å². The second-order valence-corrected chi connectivity index (χ2v) is 7.09. The maximum atomic E-state index is 6.01. The van der Waals surface area contributed by atoms with Gasteiger partial charge in [0.25, 0.3) is 0 Å². The summed E-state index contributed by atoms with van der Waals surface area (Å²) in [4.78, 5) is 3.34. The van der Waals surface area contributed by atoms with E-state index in [1.54, 1.807) is 11.3 Å². The van der Waals surface area contributed by atoms with Crippen LogP contribution >= 0.6 is 38.9 Å². The molecule has 19 heavy (non-hydrogen) atoms. The Hall–Kier alpha value is -0.550. The molecule has 0 aliphatic rings. The van der Waals surface area contributed by atoms with Crippen molar-refractivity contribution in [3.05, 3.63) is 49.6 Å². The van der Waals surface area contributed by atoms with Gasteiger partial charge in [0, 0.05) is 42.2 Å². The molecule has 0 bridgehead atoms. The number of thiophene rings is 1. The zero-order chi connectivity index (χ0) is 13.8. The van der Waals surface area contributed by atoms with Crippen molar-refractivity contribution in [2.75, 3.05) is 19.0 Å². The molecular formula is C14H16BrClN2S. The molecule has 0 unspecified atom stereocenters. The Morgan fingerprint density at radius 1 is 1.21 bits per heavy atom. The van der Waals surface area contributed by atoms with Gasteiger partial charge in [0.2, 0.25) is 0 Å². The monoisotopic (exact) mass is 358 g/mol. The van der Waals surface area contributed by atoms with E-state index in [2.05, 4.69) is 56.5 Å².